The van der Waals surface area contributed by atoms with Gasteiger partial charge in [-0.2, -0.15) is 0 Å². The lowest BCUT2D eigenvalue weighted by Crippen LogP contribution is -2.41. The number of nitrogens with one attached hydrogen (secondary N) is 1. The van der Waals surface area contributed by atoms with E-state index in [-0.39, 0.29) is 11.9 Å². The van der Waals surface area contributed by atoms with Crippen molar-refractivity contribution in [2.24, 2.45) is 5.92 Å². The number of esters is 1. The van der Waals surface area contributed by atoms with E-state index in [0.29, 0.717) is 37.2 Å². The number of fused-ring (bicyclic) bond motifs is 1. The third-order valence-corrected chi connectivity index (χ3v) is 4.88. The number of likely N-dealkylation sites (tertiary alicyclic amines) is 1. The van der Waals surface area contributed by atoms with Crippen LogP contribution in [-0.2, 0) is 14.3 Å². The first-order valence-electron chi connectivity index (χ1n) is 8.25. The third kappa shape index (κ3) is 3.32. The summed E-state index contributed by atoms with van der Waals surface area (Å²) in [7, 11) is 2.97. The van der Waals surface area contributed by atoms with Crippen LogP contribution in [-0.4, -0.2) is 54.2 Å². The maximum absolute atomic E-state index is 12.0. The second-order valence-corrected chi connectivity index (χ2v) is 6.23. The van der Waals surface area contributed by atoms with Gasteiger partial charge in [0.05, 0.1) is 20.1 Å². The number of carboxylic acids is 1. The molecule has 0 amide bonds. The van der Waals surface area contributed by atoms with Crippen molar-refractivity contribution >= 4 is 22.8 Å². The fourth-order valence-electron chi connectivity index (χ4n) is 3.52. The summed E-state index contributed by atoms with van der Waals surface area (Å²) in [6.45, 7) is 1.07. The molecule has 0 spiro atoms. The SMILES string of the molecule is COC(=O)C1CCN([C@@H](C(=O)O)c2c[nH]c3ccc(OC)cc23)CC1. The predicted octanol–water partition coefficient (Wildman–Crippen LogP) is 2.19. The number of carbonyl (C=O) groups excluding carboxylic acids is 1. The Balaban J connectivity index is 1.88. The van der Waals surface area contributed by atoms with Gasteiger partial charge in [0.15, 0.2) is 0 Å². The number of benzene rings is 1. The number of rotatable bonds is 5. The van der Waals surface area contributed by atoms with Crippen LogP contribution in [0.15, 0.2) is 24.4 Å². The molecule has 1 aliphatic heterocycles. The van der Waals surface area contributed by atoms with Gasteiger partial charge in [-0.3, -0.25) is 14.5 Å². The maximum Gasteiger partial charge on any atom is 0.325 e. The fourth-order valence-corrected chi connectivity index (χ4v) is 3.52. The lowest BCUT2D eigenvalue weighted by molar-refractivity contribution is -0.148. The van der Waals surface area contributed by atoms with Crippen LogP contribution in [0.25, 0.3) is 10.9 Å². The molecule has 1 fully saturated rings. The number of methoxy groups -OCH3 is 2. The summed E-state index contributed by atoms with van der Waals surface area (Å²) in [4.78, 5) is 28.7. The number of piperidine rings is 1. The molecular weight excluding hydrogens is 324 g/mol. The normalized spacial score (nSPS) is 17.4. The number of hydrogen-bond donors (Lipinski definition) is 2. The van der Waals surface area contributed by atoms with E-state index in [1.54, 1.807) is 13.3 Å². The largest absolute Gasteiger partial charge is 0.497 e. The molecule has 0 saturated carbocycles. The van der Waals surface area contributed by atoms with Crippen LogP contribution in [0.1, 0.15) is 24.4 Å². The molecule has 1 aromatic heterocycles. The van der Waals surface area contributed by atoms with E-state index in [0.717, 1.165) is 10.9 Å². The summed E-state index contributed by atoms with van der Waals surface area (Å²) in [5.41, 5.74) is 1.57. The molecule has 2 heterocycles. The van der Waals surface area contributed by atoms with E-state index < -0.39 is 12.0 Å². The van der Waals surface area contributed by atoms with Crippen molar-refractivity contribution in [1.29, 1.82) is 0 Å². The van der Waals surface area contributed by atoms with Crippen LogP contribution in [0, 0.1) is 5.92 Å². The first-order valence-corrected chi connectivity index (χ1v) is 8.25. The van der Waals surface area contributed by atoms with E-state index in [1.807, 2.05) is 23.1 Å². The molecule has 0 bridgehead atoms. The number of hydrogen-bond acceptors (Lipinski definition) is 5. The van der Waals surface area contributed by atoms with Crippen LogP contribution in [0.5, 0.6) is 5.75 Å². The summed E-state index contributed by atoms with van der Waals surface area (Å²) < 4.78 is 10.1. The molecule has 3 rings (SSSR count). The van der Waals surface area contributed by atoms with Gasteiger partial charge in [-0.15, -0.1) is 0 Å². The van der Waals surface area contributed by atoms with Crippen molar-refractivity contribution in [2.45, 2.75) is 18.9 Å². The Morgan fingerprint density at radius 2 is 2.00 bits per heavy atom. The van der Waals surface area contributed by atoms with Gasteiger partial charge < -0.3 is 19.6 Å². The Bertz CT molecular complexity index is 777. The van der Waals surface area contributed by atoms with Crippen molar-refractivity contribution in [1.82, 2.24) is 9.88 Å². The molecule has 1 atom stereocenters. The second-order valence-electron chi connectivity index (χ2n) is 6.23. The molecule has 25 heavy (non-hydrogen) atoms. The smallest absolute Gasteiger partial charge is 0.325 e. The molecule has 1 aliphatic rings. The van der Waals surface area contributed by atoms with Gasteiger partial charge in [-0.05, 0) is 31.0 Å². The Labute approximate surface area is 145 Å². The van der Waals surface area contributed by atoms with Crippen LogP contribution in [0.3, 0.4) is 0 Å². The van der Waals surface area contributed by atoms with Crippen LogP contribution in [0.4, 0.5) is 0 Å². The average molecular weight is 346 g/mol. The third-order valence-electron chi connectivity index (χ3n) is 4.88. The van der Waals surface area contributed by atoms with Gasteiger partial charge in [0, 0.05) is 35.8 Å². The summed E-state index contributed by atoms with van der Waals surface area (Å²) in [6.07, 6.45) is 2.94. The Morgan fingerprint density at radius 1 is 1.28 bits per heavy atom. The van der Waals surface area contributed by atoms with Gasteiger partial charge in [0.25, 0.3) is 0 Å². The molecule has 134 valence electrons. The highest BCUT2D eigenvalue weighted by molar-refractivity contribution is 5.90. The van der Waals surface area contributed by atoms with Crippen molar-refractivity contribution in [2.75, 3.05) is 27.3 Å². The minimum Gasteiger partial charge on any atom is -0.497 e. The van der Waals surface area contributed by atoms with Crippen molar-refractivity contribution in [3.05, 3.63) is 30.0 Å². The van der Waals surface area contributed by atoms with E-state index >= 15 is 0 Å². The van der Waals surface area contributed by atoms with Crippen LogP contribution in [0.2, 0.25) is 0 Å². The number of carbonyl (C=O) groups is 2. The van der Waals surface area contributed by atoms with E-state index in [4.69, 9.17) is 9.47 Å². The van der Waals surface area contributed by atoms with Crippen molar-refractivity contribution in [3.8, 4) is 5.75 Å². The molecule has 2 N–H and O–H groups in total. The fraction of sp³-hybridized carbons (Fsp3) is 0.444. The zero-order valence-electron chi connectivity index (χ0n) is 14.3. The second kappa shape index (κ2) is 7.14. The molecule has 7 heteroatoms. The van der Waals surface area contributed by atoms with Crippen molar-refractivity contribution in [3.63, 3.8) is 0 Å². The lowest BCUT2D eigenvalue weighted by atomic mass is 9.94. The minimum atomic E-state index is -0.903. The molecule has 1 aromatic carbocycles. The highest BCUT2D eigenvalue weighted by Gasteiger charge is 2.34. The van der Waals surface area contributed by atoms with Gasteiger partial charge >= 0.3 is 11.9 Å². The van der Waals surface area contributed by atoms with E-state index in [2.05, 4.69) is 4.98 Å². The summed E-state index contributed by atoms with van der Waals surface area (Å²) >= 11 is 0. The predicted molar refractivity (Wildman–Crippen MR) is 91.5 cm³/mol. The molecule has 0 aliphatic carbocycles. The number of aliphatic carboxylic acids is 1. The molecule has 0 unspecified atom stereocenters. The van der Waals surface area contributed by atoms with Gasteiger partial charge in [0.2, 0.25) is 0 Å². The summed E-state index contributed by atoms with van der Waals surface area (Å²) in [5.74, 6) is -0.593. The van der Waals surface area contributed by atoms with Gasteiger partial charge in [-0.1, -0.05) is 0 Å². The molecule has 0 radical (unpaired) electrons. The molecule has 2 aromatic rings. The average Bonchev–Trinajstić information content (AvgIpc) is 3.04. The highest BCUT2D eigenvalue weighted by Crippen LogP contribution is 2.33. The molecule has 1 saturated heterocycles. The number of nitrogens with zero attached hydrogens (tertiary/aromatic N) is 1. The Morgan fingerprint density at radius 3 is 2.60 bits per heavy atom. The van der Waals surface area contributed by atoms with Crippen molar-refractivity contribution < 1.29 is 24.2 Å². The molecular formula is C18H22N2O5. The number of H-pyrrole nitrogens is 1. The van der Waals surface area contributed by atoms with Gasteiger partial charge in [0.1, 0.15) is 11.8 Å². The number of aromatic nitrogens is 1. The monoisotopic (exact) mass is 346 g/mol. The van der Waals surface area contributed by atoms with Crippen LogP contribution >= 0.6 is 0 Å². The number of aromatic amines is 1. The zero-order chi connectivity index (χ0) is 18.0. The Kier molecular flexibility index (Phi) is 4.94. The standard InChI is InChI=1S/C18H22N2O5/c1-24-12-3-4-15-13(9-12)14(10-19-15)16(17(21)22)20-7-5-11(6-8-20)18(23)25-2/h3-4,9-11,16,19H,5-8H2,1-2H3,(H,21,22)/t16-/m1/s1. The first kappa shape index (κ1) is 17.3. The molecule has 7 nitrogen and oxygen atoms in total. The highest BCUT2D eigenvalue weighted by atomic mass is 16.5. The first-order chi connectivity index (χ1) is 12.0. The van der Waals surface area contributed by atoms with E-state index in [1.165, 1.54) is 7.11 Å². The number of ether oxygens (including phenoxy) is 2. The Hall–Kier alpha value is -2.54. The van der Waals surface area contributed by atoms with E-state index in [9.17, 15) is 14.7 Å². The zero-order valence-corrected chi connectivity index (χ0v) is 14.3. The van der Waals surface area contributed by atoms with Gasteiger partial charge in [-0.25, -0.2) is 0 Å². The minimum absolute atomic E-state index is 0.154. The van der Waals surface area contributed by atoms with Crippen LogP contribution < -0.4 is 4.74 Å². The quantitative estimate of drug-likeness (QED) is 0.807. The maximum atomic E-state index is 12.0. The number of carboxylic acid groups (broad SMARTS) is 1. The topological polar surface area (TPSA) is 91.9 Å². The summed E-state index contributed by atoms with van der Waals surface area (Å²) in [6, 6.07) is 4.79. The lowest BCUT2D eigenvalue weighted by Gasteiger charge is -2.34. The summed E-state index contributed by atoms with van der Waals surface area (Å²) in [5, 5.41) is 10.7.